The Hall–Kier alpha value is -2.62. The van der Waals surface area contributed by atoms with Gasteiger partial charge in [-0.1, -0.05) is 37.3 Å². The van der Waals surface area contributed by atoms with E-state index in [-0.39, 0.29) is 5.91 Å². The third-order valence-electron chi connectivity index (χ3n) is 3.75. The fourth-order valence-electron chi connectivity index (χ4n) is 2.46. The maximum Gasteiger partial charge on any atom is 0.226 e. The number of aryl methyl sites for hydroxylation is 2. The maximum atomic E-state index is 12.0. The minimum absolute atomic E-state index is 0.00355. The van der Waals surface area contributed by atoms with E-state index in [1.807, 2.05) is 59.4 Å². The molecule has 0 fully saturated rings. The van der Waals surface area contributed by atoms with Crippen LogP contribution in [0.5, 0.6) is 0 Å². The highest BCUT2D eigenvalue weighted by atomic mass is 16.1. The van der Waals surface area contributed by atoms with E-state index < -0.39 is 0 Å². The van der Waals surface area contributed by atoms with Crippen LogP contribution in [0.15, 0.2) is 54.7 Å². The van der Waals surface area contributed by atoms with Crippen molar-refractivity contribution in [2.45, 2.75) is 26.3 Å². The fourth-order valence-corrected chi connectivity index (χ4v) is 2.46. The van der Waals surface area contributed by atoms with Gasteiger partial charge >= 0.3 is 0 Å². The first-order chi connectivity index (χ1) is 10.8. The number of aromatic nitrogens is 2. The van der Waals surface area contributed by atoms with Crippen molar-refractivity contribution in [2.75, 3.05) is 5.32 Å². The molecule has 1 heterocycles. The van der Waals surface area contributed by atoms with Crippen LogP contribution in [0.2, 0.25) is 0 Å². The molecule has 1 aromatic heterocycles. The number of hydrogen-bond acceptors (Lipinski definition) is 2. The first-order valence-corrected chi connectivity index (χ1v) is 7.55. The molecule has 0 spiro atoms. The summed E-state index contributed by atoms with van der Waals surface area (Å²) in [6.45, 7) is 2.69. The van der Waals surface area contributed by atoms with Gasteiger partial charge in [0, 0.05) is 17.5 Å². The highest BCUT2D eigenvalue weighted by Gasteiger charge is 2.06. The molecule has 0 aliphatic carbocycles. The number of para-hydroxylation sites is 1. The fraction of sp³-hybridized carbons (Fsp3) is 0.222. The number of anilines is 1. The molecule has 0 unspecified atom stereocenters. The van der Waals surface area contributed by atoms with Gasteiger partial charge in [0.05, 0.1) is 18.3 Å². The molecule has 3 rings (SSSR count). The number of carbonyl (C=O) groups is 1. The highest BCUT2D eigenvalue weighted by molar-refractivity contribution is 5.90. The van der Waals surface area contributed by atoms with E-state index in [0.717, 1.165) is 23.0 Å². The summed E-state index contributed by atoms with van der Waals surface area (Å²) in [5, 5.41) is 8.35. The standard InChI is InChI=1S/C18H19N3O/c1-2-14-7-9-16(10-8-14)20-18(22)11-12-21-17-6-4-3-5-15(17)13-19-21/h3-10,13H,2,11-12H2,1H3,(H,20,22). The lowest BCUT2D eigenvalue weighted by Crippen LogP contribution is -2.14. The third kappa shape index (κ3) is 3.17. The van der Waals surface area contributed by atoms with Gasteiger partial charge in [-0.2, -0.15) is 5.10 Å². The second-order valence-electron chi connectivity index (χ2n) is 5.28. The Morgan fingerprint density at radius 2 is 1.91 bits per heavy atom. The van der Waals surface area contributed by atoms with Gasteiger partial charge in [0.2, 0.25) is 5.91 Å². The molecule has 22 heavy (non-hydrogen) atoms. The molecular formula is C18H19N3O. The Bertz CT molecular complexity index is 774. The zero-order valence-electron chi connectivity index (χ0n) is 12.6. The maximum absolute atomic E-state index is 12.0. The average molecular weight is 293 g/mol. The highest BCUT2D eigenvalue weighted by Crippen LogP contribution is 2.14. The average Bonchev–Trinajstić information content (AvgIpc) is 2.97. The Morgan fingerprint density at radius 3 is 2.68 bits per heavy atom. The smallest absolute Gasteiger partial charge is 0.226 e. The van der Waals surface area contributed by atoms with Gasteiger partial charge in [-0.25, -0.2) is 0 Å². The van der Waals surface area contributed by atoms with Gasteiger partial charge in [0.25, 0.3) is 0 Å². The topological polar surface area (TPSA) is 46.9 Å². The van der Waals surface area contributed by atoms with E-state index in [1.165, 1.54) is 5.56 Å². The summed E-state index contributed by atoms with van der Waals surface area (Å²) in [6, 6.07) is 16.0. The molecule has 2 aromatic carbocycles. The van der Waals surface area contributed by atoms with Crippen LogP contribution in [-0.2, 0) is 17.8 Å². The number of nitrogens with zero attached hydrogens (tertiary/aromatic N) is 2. The number of benzene rings is 2. The largest absolute Gasteiger partial charge is 0.326 e. The number of nitrogens with one attached hydrogen (secondary N) is 1. The quantitative estimate of drug-likeness (QED) is 0.781. The summed E-state index contributed by atoms with van der Waals surface area (Å²) < 4.78 is 1.87. The van der Waals surface area contributed by atoms with Crippen molar-refractivity contribution in [3.63, 3.8) is 0 Å². The third-order valence-corrected chi connectivity index (χ3v) is 3.75. The van der Waals surface area contributed by atoms with Gasteiger partial charge in [-0.15, -0.1) is 0 Å². The van der Waals surface area contributed by atoms with Gasteiger partial charge in [-0.3, -0.25) is 9.48 Å². The second-order valence-corrected chi connectivity index (χ2v) is 5.28. The zero-order chi connectivity index (χ0) is 15.4. The molecule has 0 radical (unpaired) electrons. The minimum Gasteiger partial charge on any atom is -0.326 e. The molecule has 0 saturated heterocycles. The van der Waals surface area contributed by atoms with Crippen LogP contribution in [0.1, 0.15) is 18.9 Å². The van der Waals surface area contributed by atoms with Crippen molar-refractivity contribution in [1.82, 2.24) is 9.78 Å². The van der Waals surface area contributed by atoms with Crippen LogP contribution in [-0.4, -0.2) is 15.7 Å². The van der Waals surface area contributed by atoms with Crippen LogP contribution in [0.4, 0.5) is 5.69 Å². The molecule has 4 nitrogen and oxygen atoms in total. The normalized spacial score (nSPS) is 10.8. The molecule has 1 amide bonds. The van der Waals surface area contributed by atoms with Crippen LogP contribution >= 0.6 is 0 Å². The van der Waals surface area contributed by atoms with Gasteiger partial charge < -0.3 is 5.32 Å². The number of amides is 1. The van der Waals surface area contributed by atoms with Crippen LogP contribution in [0.3, 0.4) is 0 Å². The number of rotatable bonds is 5. The van der Waals surface area contributed by atoms with Crippen molar-refractivity contribution in [3.05, 3.63) is 60.3 Å². The van der Waals surface area contributed by atoms with Crippen LogP contribution in [0.25, 0.3) is 10.9 Å². The predicted octanol–water partition coefficient (Wildman–Crippen LogP) is 3.63. The van der Waals surface area contributed by atoms with E-state index >= 15 is 0 Å². The molecule has 112 valence electrons. The van der Waals surface area contributed by atoms with Crippen LogP contribution < -0.4 is 5.32 Å². The lowest BCUT2D eigenvalue weighted by atomic mass is 10.1. The molecule has 1 N–H and O–H groups in total. The summed E-state index contributed by atoms with van der Waals surface area (Å²) in [6.07, 6.45) is 3.23. The van der Waals surface area contributed by atoms with E-state index in [1.54, 1.807) is 0 Å². The van der Waals surface area contributed by atoms with Gasteiger partial charge in [0.1, 0.15) is 0 Å². The summed E-state index contributed by atoms with van der Waals surface area (Å²) in [5.41, 5.74) is 3.16. The molecule has 0 aliphatic heterocycles. The van der Waals surface area contributed by atoms with E-state index in [2.05, 4.69) is 17.3 Å². The Labute approximate surface area is 129 Å². The van der Waals surface area contributed by atoms with E-state index in [4.69, 9.17) is 0 Å². The predicted molar refractivity (Wildman–Crippen MR) is 88.8 cm³/mol. The summed E-state index contributed by atoms with van der Waals surface area (Å²) in [7, 11) is 0. The monoisotopic (exact) mass is 293 g/mol. The molecule has 3 aromatic rings. The molecule has 0 aliphatic rings. The minimum atomic E-state index is 0.00355. The SMILES string of the molecule is CCc1ccc(NC(=O)CCn2ncc3ccccc32)cc1. The van der Waals surface area contributed by atoms with Crippen molar-refractivity contribution < 1.29 is 4.79 Å². The number of hydrogen-bond donors (Lipinski definition) is 1. The molecule has 0 atom stereocenters. The van der Waals surface area contributed by atoms with E-state index in [0.29, 0.717) is 13.0 Å². The van der Waals surface area contributed by atoms with Gasteiger partial charge in [0.15, 0.2) is 0 Å². The molecular weight excluding hydrogens is 274 g/mol. The molecule has 4 heteroatoms. The van der Waals surface area contributed by atoms with Crippen molar-refractivity contribution in [2.24, 2.45) is 0 Å². The second kappa shape index (κ2) is 6.43. The van der Waals surface area contributed by atoms with Gasteiger partial charge in [-0.05, 0) is 30.2 Å². The first kappa shape index (κ1) is 14.3. The lowest BCUT2D eigenvalue weighted by Gasteiger charge is -2.07. The lowest BCUT2D eigenvalue weighted by molar-refractivity contribution is -0.116. The molecule has 0 saturated carbocycles. The molecule has 0 bridgehead atoms. The van der Waals surface area contributed by atoms with Crippen molar-refractivity contribution >= 4 is 22.5 Å². The summed E-state index contributed by atoms with van der Waals surface area (Å²) in [4.78, 5) is 12.0. The number of carbonyl (C=O) groups excluding carboxylic acids is 1. The van der Waals surface area contributed by atoms with Crippen LogP contribution in [0, 0.1) is 0 Å². The zero-order valence-corrected chi connectivity index (χ0v) is 12.6. The van der Waals surface area contributed by atoms with Crippen molar-refractivity contribution in [3.8, 4) is 0 Å². The Kier molecular flexibility index (Phi) is 4.19. The first-order valence-electron chi connectivity index (χ1n) is 7.55. The van der Waals surface area contributed by atoms with E-state index in [9.17, 15) is 4.79 Å². The Balaban J connectivity index is 1.60. The number of fused-ring (bicyclic) bond motifs is 1. The Morgan fingerprint density at radius 1 is 1.14 bits per heavy atom. The summed E-state index contributed by atoms with van der Waals surface area (Å²) in [5.74, 6) is 0.00355. The summed E-state index contributed by atoms with van der Waals surface area (Å²) >= 11 is 0. The van der Waals surface area contributed by atoms with Crippen molar-refractivity contribution in [1.29, 1.82) is 0 Å².